The van der Waals surface area contributed by atoms with Crippen LogP contribution in [-0.4, -0.2) is 36.4 Å². The topological polar surface area (TPSA) is 23.5 Å². The van der Waals surface area contributed by atoms with E-state index in [1.807, 2.05) is 0 Å². The molecule has 0 saturated carbocycles. The lowest BCUT2D eigenvalue weighted by molar-refractivity contribution is -0.144. The lowest BCUT2D eigenvalue weighted by Crippen LogP contribution is -2.30. The fourth-order valence-corrected chi connectivity index (χ4v) is 1.71. The van der Waals surface area contributed by atoms with Gasteiger partial charge in [0.2, 0.25) is 0 Å². The molecule has 0 bridgehead atoms. The maximum absolute atomic E-state index is 13.4. The molecule has 0 aromatic heterocycles. The number of hydrogen-bond donors (Lipinski definition) is 1. The van der Waals surface area contributed by atoms with Gasteiger partial charge < -0.3 is 5.11 Å². The average Bonchev–Trinajstić information content (AvgIpc) is 2.25. The van der Waals surface area contributed by atoms with E-state index in [1.165, 1.54) is 19.2 Å². The number of halogens is 4. The Hall–Kier alpha value is -1.58. The lowest BCUT2D eigenvalue weighted by atomic mass is 10.1. The second-order valence-electron chi connectivity index (χ2n) is 4.41. The normalized spacial score (nSPS) is 11.3. The summed E-state index contributed by atoms with van der Waals surface area (Å²) in [6.45, 7) is -1.18. The number of aliphatic hydroxyl groups is 1. The van der Waals surface area contributed by atoms with Gasteiger partial charge in [0.05, 0.1) is 13.2 Å². The number of aliphatic hydroxyl groups excluding tert-OH is 1. The van der Waals surface area contributed by atoms with E-state index in [2.05, 4.69) is 11.8 Å². The molecule has 1 rings (SSSR count). The number of hydrogen-bond acceptors (Lipinski definition) is 2. The Morgan fingerprint density at radius 3 is 2.55 bits per heavy atom. The quantitative estimate of drug-likeness (QED) is 0.680. The Kier molecular flexibility index (Phi) is 5.99. The monoisotopic (exact) mass is 289 g/mol. The van der Waals surface area contributed by atoms with E-state index < -0.39 is 18.5 Å². The Balaban J connectivity index is 2.78. The Labute approximate surface area is 115 Å². The molecule has 0 aliphatic carbocycles. The largest absolute Gasteiger partial charge is 0.401 e. The second-order valence-corrected chi connectivity index (χ2v) is 4.41. The van der Waals surface area contributed by atoms with Crippen LogP contribution in [-0.2, 0) is 6.54 Å². The van der Waals surface area contributed by atoms with E-state index in [9.17, 15) is 17.6 Å². The maximum Gasteiger partial charge on any atom is 0.401 e. The maximum atomic E-state index is 13.4. The van der Waals surface area contributed by atoms with Crippen molar-refractivity contribution in [2.45, 2.75) is 19.1 Å². The highest BCUT2D eigenvalue weighted by Gasteiger charge is 2.29. The highest BCUT2D eigenvalue weighted by Crippen LogP contribution is 2.17. The van der Waals surface area contributed by atoms with Crippen LogP contribution in [0.1, 0.15) is 17.5 Å². The summed E-state index contributed by atoms with van der Waals surface area (Å²) in [5.41, 5.74) is 0.805. The standard InChI is InChI=1S/C14H15F4NO/c1-19(10-14(16,17)18)9-12-6-11(4-2-3-5-20)7-13(15)8-12/h6-8,20H,3,5,9-10H2,1H3. The zero-order chi connectivity index (χ0) is 15.2. The van der Waals surface area contributed by atoms with Gasteiger partial charge in [0.15, 0.2) is 0 Å². The molecule has 20 heavy (non-hydrogen) atoms. The van der Waals surface area contributed by atoms with Crippen LogP contribution in [0.2, 0.25) is 0 Å². The van der Waals surface area contributed by atoms with Crippen LogP contribution in [0.3, 0.4) is 0 Å². The minimum absolute atomic E-state index is 0.0219. The smallest absolute Gasteiger partial charge is 0.395 e. The molecular weight excluding hydrogens is 274 g/mol. The first kappa shape index (κ1) is 16.5. The van der Waals surface area contributed by atoms with Gasteiger partial charge in [0.25, 0.3) is 0 Å². The number of alkyl halides is 3. The third-order valence-electron chi connectivity index (χ3n) is 2.33. The molecule has 110 valence electrons. The molecule has 1 aromatic carbocycles. The van der Waals surface area contributed by atoms with Crippen molar-refractivity contribution in [3.05, 3.63) is 35.1 Å². The van der Waals surface area contributed by atoms with Crippen molar-refractivity contribution >= 4 is 0 Å². The van der Waals surface area contributed by atoms with Gasteiger partial charge in [-0.15, -0.1) is 0 Å². The molecule has 0 aliphatic heterocycles. The van der Waals surface area contributed by atoms with Crippen LogP contribution in [0.15, 0.2) is 18.2 Å². The van der Waals surface area contributed by atoms with Gasteiger partial charge in [-0.25, -0.2) is 4.39 Å². The van der Waals surface area contributed by atoms with Crippen molar-refractivity contribution in [3.8, 4) is 11.8 Å². The van der Waals surface area contributed by atoms with Crippen LogP contribution in [0.4, 0.5) is 17.6 Å². The minimum atomic E-state index is -4.29. The Bertz CT molecular complexity index is 502. The van der Waals surface area contributed by atoms with E-state index in [1.54, 1.807) is 6.07 Å². The highest BCUT2D eigenvalue weighted by molar-refractivity contribution is 5.37. The SMILES string of the molecule is CN(Cc1cc(F)cc(C#CCCO)c1)CC(F)(F)F. The minimum Gasteiger partial charge on any atom is -0.395 e. The van der Waals surface area contributed by atoms with Gasteiger partial charge in [-0.05, 0) is 30.8 Å². The Morgan fingerprint density at radius 1 is 1.25 bits per heavy atom. The molecule has 1 aromatic rings. The molecule has 0 fully saturated rings. The molecule has 2 nitrogen and oxygen atoms in total. The summed E-state index contributed by atoms with van der Waals surface area (Å²) < 4.78 is 50.0. The number of benzene rings is 1. The Morgan fingerprint density at radius 2 is 1.95 bits per heavy atom. The zero-order valence-electron chi connectivity index (χ0n) is 11.0. The first-order valence-electron chi connectivity index (χ1n) is 5.94. The predicted molar refractivity (Wildman–Crippen MR) is 67.4 cm³/mol. The van der Waals surface area contributed by atoms with Crippen LogP contribution in [0.25, 0.3) is 0 Å². The van der Waals surface area contributed by atoms with E-state index in [0.717, 1.165) is 4.90 Å². The van der Waals surface area contributed by atoms with Crippen molar-refractivity contribution < 1.29 is 22.7 Å². The third kappa shape index (κ3) is 6.55. The van der Waals surface area contributed by atoms with Crippen LogP contribution < -0.4 is 0 Å². The highest BCUT2D eigenvalue weighted by atomic mass is 19.4. The molecule has 0 radical (unpaired) electrons. The molecule has 0 heterocycles. The second kappa shape index (κ2) is 7.27. The summed E-state index contributed by atoms with van der Waals surface area (Å²) in [5.74, 6) is 4.75. The molecule has 0 saturated heterocycles. The molecule has 0 unspecified atom stereocenters. The summed E-state index contributed by atoms with van der Waals surface area (Å²) in [6.07, 6.45) is -4.02. The molecule has 0 atom stereocenters. The fraction of sp³-hybridized carbons (Fsp3) is 0.429. The number of nitrogens with zero attached hydrogens (tertiary/aromatic N) is 1. The summed E-state index contributed by atoms with van der Waals surface area (Å²) in [6, 6.07) is 3.93. The summed E-state index contributed by atoms with van der Waals surface area (Å²) >= 11 is 0. The summed E-state index contributed by atoms with van der Waals surface area (Å²) in [7, 11) is 1.31. The van der Waals surface area contributed by atoms with E-state index >= 15 is 0 Å². The number of rotatable bonds is 4. The van der Waals surface area contributed by atoms with Crippen LogP contribution in [0.5, 0.6) is 0 Å². The van der Waals surface area contributed by atoms with E-state index in [0.29, 0.717) is 11.1 Å². The van der Waals surface area contributed by atoms with Gasteiger partial charge in [-0.1, -0.05) is 11.8 Å². The molecule has 0 spiro atoms. The van der Waals surface area contributed by atoms with E-state index in [-0.39, 0.29) is 19.6 Å². The van der Waals surface area contributed by atoms with Gasteiger partial charge >= 0.3 is 6.18 Å². The predicted octanol–water partition coefficient (Wildman–Crippen LogP) is 2.55. The first-order valence-corrected chi connectivity index (χ1v) is 5.94. The molecular formula is C14H15F4NO. The van der Waals surface area contributed by atoms with Gasteiger partial charge in [0, 0.05) is 18.5 Å². The van der Waals surface area contributed by atoms with Crippen molar-refractivity contribution in [2.75, 3.05) is 20.2 Å². The van der Waals surface area contributed by atoms with Gasteiger partial charge in [-0.3, -0.25) is 4.90 Å². The average molecular weight is 289 g/mol. The van der Waals surface area contributed by atoms with Crippen molar-refractivity contribution in [3.63, 3.8) is 0 Å². The van der Waals surface area contributed by atoms with Gasteiger partial charge in [0.1, 0.15) is 5.82 Å². The molecule has 0 amide bonds. The van der Waals surface area contributed by atoms with Gasteiger partial charge in [-0.2, -0.15) is 13.2 Å². The van der Waals surface area contributed by atoms with Crippen molar-refractivity contribution in [2.24, 2.45) is 0 Å². The van der Waals surface area contributed by atoms with Crippen LogP contribution >= 0.6 is 0 Å². The summed E-state index contributed by atoms with van der Waals surface area (Å²) in [5, 5.41) is 8.59. The van der Waals surface area contributed by atoms with Crippen LogP contribution in [0, 0.1) is 17.7 Å². The third-order valence-corrected chi connectivity index (χ3v) is 2.33. The van der Waals surface area contributed by atoms with Crippen molar-refractivity contribution in [1.29, 1.82) is 0 Å². The molecule has 0 aliphatic rings. The summed E-state index contributed by atoms with van der Waals surface area (Å²) in [4.78, 5) is 1.06. The molecule has 6 heteroatoms. The van der Waals surface area contributed by atoms with Crippen molar-refractivity contribution in [1.82, 2.24) is 4.90 Å². The zero-order valence-corrected chi connectivity index (χ0v) is 11.0. The van der Waals surface area contributed by atoms with E-state index in [4.69, 9.17) is 5.11 Å². The molecule has 1 N–H and O–H groups in total. The lowest BCUT2D eigenvalue weighted by Gasteiger charge is -2.18. The first-order chi connectivity index (χ1) is 9.30. The fourth-order valence-electron chi connectivity index (χ4n) is 1.71.